The van der Waals surface area contributed by atoms with Gasteiger partial charge in [-0.15, -0.1) is 11.3 Å². The number of thiophene rings is 1. The van der Waals surface area contributed by atoms with Crippen molar-refractivity contribution >= 4 is 45.0 Å². The summed E-state index contributed by atoms with van der Waals surface area (Å²) in [6.45, 7) is -0.184. The number of rotatable bonds is 8. The summed E-state index contributed by atoms with van der Waals surface area (Å²) in [5.41, 5.74) is 0.959. The molecule has 0 radical (unpaired) electrons. The van der Waals surface area contributed by atoms with E-state index < -0.39 is 11.9 Å². The van der Waals surface area contributed by atoms with E-state index >= 15 is 0 Å². The number of hydrogen-bond acceptors (Lipinski definition) is 4. The van der Waals surface area contributed by atoms with E-state index in [0.29, 0.717) is 11.3 Å². The van der Waals surface area contributed by atoms with Gasteiger partial charge in [-0.2, -0.15) is 0 Å². The fraction of sp³-hybridized carbons (Fsp3) is 0.316. The Morgan fingerprint density at radius 2 is 1.85 bits per heavy atom. The zero-order chi connectivity index (χ0) is 19.2. The molecule has 3 rings (SSSR count). The Labute approximate surface area is 169 Å². The van der Waals surface area contributed by atoms with Crippen LogP contribution in [0.15, 0.2) is 46.3 Å². The van der Waals surface area contributed by atoms with Gasteiger partial charge in [0.25, 0.3) is 5.91 Å². The molecule has 6 nitrogen and oxygen atoms in total. The maximum Gasteiger partial charge on any atom is 0.261 e. The van der Waals surface area contributed by atoms with Crippen molar-refractivity contribution in [1.82, 2.24) is 16.0 Å². The molecule has 0 spiro atoms. The van der Waals surface area contributed by atoms with Crippen LogP contribution in [0.25, 0.3) is 0 Å². The Morgan fingerprint density at radius 1 is 1.11 bits per heavy atom. The molecule has 8 heteroatoms. The van der Waals surface area contributed by atoms with Crippen LogP contribution in [-0.2, 0) is 16.0 Å². The molecule has 1 aliphatic rings. The number of amides is 3. The molecule has 0 aliphatic heterocycles. The second-order valence-electron chi connectivity index (χ2n) is 6.38. The lowest BCUT2D eigenvalue weighted by atomic mass is 10.1. The Morgan fingerprint density at radius 3 is 2.48 bits per heavy atom. The largest absolute Gasteiger partial charge is 0.352 e. The molecule has 1 saturated carbocycles. The van der Waals surface area contributed by atoms with Crippen LogP contribution < -0.4 is 16.0 Å². The predicted octanol–water partition coefficient (Wildman–Crippen LogP) is 2.25. The van der Waals surface area contributed by atoms with E-state index in [-0.39, 0.29) is 24.4 Å². The van der Waals surface area contributed by atoms with Crippen LogP contribution in [0.1, 0.15) is 28.1 Å². The van der Waals surface area contributed by atoms with Gasteiger partial charge in [-0.05, 0) is 46.5 Å². The first kappa shape index (κ1) is 19.6. The minimum Gasteiger partial charge on any atom is -0.352 e. The Bertz CT molecular complexity index is 821. The first-order valence-electron chi connectivity index (χ1n) is 8.68. The van der Waals surface area contributed by atoms with E-state index in [0.717, 1.165) is 22.2 Å². The van der Waals surface area contributed by atoms with E-state index in [1.807, 2.05) is 30.3 Å². The number of nitrogens with one attached hydrogen (secondary N) is 3. The highest BCUT2D eigenvalue weighted by molar-refractivity contribution is 9.11. The third-order valence-corrected chi connectivity index (χ3v) is 5.69. The Kier molecular flexibility index (Phi) is 6.63. The van der Waals surface area contributed by atoms with Crippen LogP contribution >= 0.6 is 27.3 Å². The SMILES string of the molecule is O=C(CNC(=O)c1ccc(Br)s1)NC(Cc1ccccc1)C(=O)NC1CC1. The maximum absolute atomic E-state index is 12.5. The normalized spacial score (nSPS) is 14.3. The highest BCUT2D eigenvalue weighted by Crippen LogP contribution is 2.21. The summed E-state index contributed by atoms with van der Waals surface area (Å²) in [7, 11) is 0. The van der Waals surface area contributed by atoms with Gasteiger partial charge in [-0.25, -0.2) is 0 Å². The van der Waals surface area contributed by atoms with Crippen LogP contribution in [0.5, 0.6) is 0 Å². The summed E-state index contributed by atoms with van der Waals surface area (Å²) < 4.78 is 0.844. The van der Waals surface area contributed by atoms with Crippen LogP contribution in [0, 0.1) is 0 Å². The molecule has 27 heavy (non-hydrogen) atoms. The van der Waals surface area contributed by atoms with E-state index in [1.54, 1.807) is 12.1 Å². The summed E-state index contributed by atoms with van der Waals surface area (Å²) >= 11 is 4.59. The monoisotopic (exact) mass is 449 g/mol. The highest BCUT2D eigenvalue weighted by atomic mass is 79.9. The first-order valence-corrected chi connectivity index (χ1v) is 10.3. The van der Waals surface area contributed by atoms with Crippen LogP contribution in [0.3, 0.4) is 0 Å². The molecule has 1 atom stereocenters. The standard InChI is InChI=1S/C19H20BrN3O3S/c20-16-9-8-15(27-16)19(26)21-11-17(24)23-14(18(25)22-13-6-7-13)10-12-4-2-1-3-5-12/h1-5,8-9,13-14H,6-7,10-11H2,(H,21,26)(H,22,25)(H,23,24). The first-order chi connectivity index (χ1) is 13.0. The average molecular weight is 450 g/mol. The number of halogens is 1. The topological polar surface area (TPSA) is 87.3 Å². The number of hydrogen-bond donors (Lipinski definition) is 3. The van der Waals surface area contributed by atoms with Gasteiger partial charge in [0.05, 0.1) is 15.2 Å². The fourth-order valence-corrected chi connectivity index (χ4v) is 3.82. The van der Waals surface area contributed by atoms with E-state index in [2.05, 4.69) is 31.9 Å². The van der Waals surface area contributed by atoms with Crippen molar-refractivity contribution in [2.45, 2.75) is 31.3 Å². The van der Waals surface area contributed by atoms with E-state index in [1.165, 1.54) is 11.3 Å². The van der Waals surface area contributed by atoms with Gasteiger partial charge in [0.15, 0.2) is 0 Å². The van der Waals surface area contributed by atoms with Gasteiger partial charge in [-0.1, -0.05) is 30.3 Å². The molecular weight excluding hydrogens is 430 g/mol. The van der Waals surface area contributed by atoms with Crippen molar-refractivity contribution in [2.24, 2.45) is 0 Å². The highest BCUT2D eigenvalue weighted by Gasteiger charge is 2.28. The molecule has 2 aromatic rings. The summed E-state index contributed by atoms with van der Waals surface area (Å²) in [5, 5.41) is 8.25. The molecule has 1 heterocycles. The lowest BCUT2D eigenvalue weighted by molar-refractivity contribution is -0.128. The van der Waals surface area contributed by atoms with Crippen molar-refractivity contribution in [2.75, 3.05) is 6.54 Å². The average Bonchev–Trinajstić information content (AvgIpc) is 3.37. The van der Waals surface area contributed by atoms with Gasteiger partial charge in [0.1, 0.15) is 6.04 Å². The summed E-state index contributed by atoms with van der Waals surface area (Å²) in [6.07, 6.45) is 2.35. The molecule has 0 bridgehead atoms. The van der Waals surface area contributed by atoms with Gasteiger partial charge in [0, 0.05) is 12.5 Å². The smallest absolute Gasteiger partial charge is 0.261 e. The van der Waals surface area contributed by atoms with Crippen LogP contribution in [-0.4, -0.2) is 36.3 Å². The quantitative estimate of drug-likeness (QED) is 0.577. The van der Waals surface area contributed by atoms with Crippen molar-refractivity contribution < 1.29 is 14.4 Å². The van der Waals surface area contributed by atoms with Crippen molar-refractivity contribution in [1.29, 1.82) is 0 Å². The molecule has 1 aromatic heterocycles. The number of carbonyl (C=O) groups is 3. The second-order valence-corrected chi connectivity index (χ2v) is 8.84. The van der Waals surface area contributed by atoms with E-state index in [9.17, 15) is 14.4 Å². The molecule has 1 aromatic carbocycles. The molecule has 1 unspecified atom stereocenters. The predicted molar refractivity (Wildman–Crippen MR) is 108 cm³/mol. The van der Waals surface area contributed by atoms with Gasteiger partial charge < -0.3 is 16.0 Å². The lowest BCUT2D eigenvalue weighted by Gasteiger charge is -2.19. The van der Waals surface area contributed by atoms with Gasteiger partial charge in [0.2, 0.25) is 11.8 Å². The molecule has 142 valence electrons. The van der Waals surface area contributed by atoms with Crippen LogP contribution in [0.4, 0.5) is 0 Å². The van der Waals surface area contributed by atoms with Crippen molar-refractivity contribution in [3.05, 3.63) is 56.7 Å². The summed E-state index contributed by atoms with van der Waals surface area (Å²) in [6, 6.07) is 12.5. The van der Waals surface area contributed by atoms with Gasteiger partial charge >= 0.3 is 0 Å². The fourth-order valence-electron chi connectivity index (χ4n) is 2.52. The zero-order valence-corrected chi connectivity index (χ0v) is 16.9. The van der Waals surface area contributed by atoms with Gasteiger partial charge in [-0.3, -0.25) is 14.4 Å². The summed E-state index contributed by atoms with van der Waals surface area (Å²) in [5.74, 6) is -0.906. The maximum atomic E-state index is 12.5. The molecule has 3 amide bonds. The number of carbonyl (C=O) groups excluding carboxylic acids is 3. The Hall–Kier alpha value is -2.19. The molecule has 1 fully saturated rings. The third kappa shape index (κ3) is 6.18. The molecule has 1 aliphatic carbocycles. The van der Waals surface area contributed by atoms with E-state index in [4.69, 9.17) is 0 Å². The van der Waals surface area contributed by atoms with Crippen LogP contribution in [0.2, 0.25) is 0 Å². The molecular formula is C19H20BrN3O3S. The third-order valence-electron chi connectivity index (χ3n) is 4.06. The Balaban J connectivity index is 1.55. The number of benzene rings is 1. The zero-order valence-electron chi connectivity index (χ0n) is 14.5. The second kappa shape index (κ2) is 9.14. The van der Waals surface area contributed by atoms with Crippen molar-refractivity contribution in [3.8, 4) is 0 Å². The summed E-state index contributed by atoms with van der Waals surface area (Å²) in [4.78, 5) is 37.3. The van der Waals surface area contributed by atoms with Crippen molar-refractivity contribution in [3.63, 3.8) is 0 Å². The molecule has 0 saturated heterocycles. The minimum absolute atomic E-state index is 0.184. The molecule has 3 N–H and O–H groups in total. The minimum atomic E-state index is -0.673. The lowest BCUT2D eigenvalue weighted by Crippen LogP contribution is -2.51.